The van der Waals surface area contributed by atoms with Crippen LogP contribution < -0.4 is 20.1 Å². The molecule has 9 heteroatoms. The maximum absolute atomic E-state index is 13.8. The molecule has 2 aromatic carbocycles. The number of halogens is 3. The third-order valence-corrected chi connectivity index (χ3v) is 6.46. The lowest BCUT2D eigenvalue weighted by Crippen LogP contribution is -2.19. The van der Waals surface area contributed by atoms with Crippen LogP contribution in [-0.2, 0) is 6.18 Å². The van der Waals surface area contributed by atoms with Crippen LogP contribution in [0.25, 0.3) is 0 Å². The molecular weight excluding hydrogens is 493 g/mol. The first-order valence-electron chi connectivity index (χ1n) is 13.4. The van der Waals surface area contributed by atoms with Crippen LogP contribution in [-0.4, -0.2) is 22.7 Å². The molecule has 204 valence electrons. The van der Waals surface area contributed by atoms with E-state index < -0.39 is 11.7 Å². The molecule has 0 aliphatic heterocycles. The van der Waals surface area contributed by atoms with Crippen LogP contribution in [0.3, 0.4) is 0 Å². The summed E-state index contributed by atoms with van der Waals surface area (Å²) in [7, 11) is 0. The standard InChI is InChI=1S/C29H35F3N4O2/c1-2-3-4-10-19-37-26-14-9-8-13-25(26)35-27-24(29(30,31)32)20-33-28(36-27)34-21-15-17-23(18-16-21)38-22-11-6-5-7-12-22/h8-9,13-18,20,22H,2-7,10-12,19H2,1H3,(H2,33,34,35,36). The lowest BCUT2D eigenvalue weighted by atomic mass is 9.98. The predicted molar refractivity (Wildman–Crippen MR) is 144 cm³/mol. The minimum Gasteiger partial charge on any atom is -0.491 e. The molecule has 2 N–H and O–H groups in total. The Bertz CT molecular complexity index is 1150. The van der Waals surface area contributed by atoms with Crippen molar-refractivity contribution in [3.05, 3.63) is 60.3 Å². The van der Waals surface area contributed by atoms with E-state index in [-0.39, 0.29) is 17.9 Å². The van der Waals surface area contributed by atoms with Gasteiger partial charge in [-0.2, -0.15) is 18.2 Å². The van der Waals surface area contributed by atoms with Crippen LogP contribution in [0.1, 0.15) is 70.3 Å². The molecule has 1 heterocycles. The minimum absolute atomic E-state index is 0.0411. The van der Waals surface area contributed by atoms with E-state index in [0.29, 0.717) is 23.7 Å². The zero-order chi connectivity index (χ0) is 26.8. The number of hydrogen-bond donors (Lipinski definition) is 2. The van der Waals surface area contributed by atoms with Crippen molar-refractivity contribution in [3.8, 4) is 11.5 Å². The maximum Gasteiger partial charge on any atom is 0.421 e. The van der Waals surface area contributed by atoms with E-state index in [4.69, 9.17) is 9.47 Å². The van der Waals surface area contributed by atoms with Gasteiger partial charge in [0.1, 0.15) is 22.9 Å². The van der Waals surface area contributed by atoms with Crippen molar-refractivity contribution >= 4 is 23.1 Å². The average molecular weight is 529 g/mol. The van der Waals surface area contributed by atoms with Gasteiger partial charge in [0.15, 0.2) is 0 Å². The van der Waals surface area contributed by atoms with Crippen LogP contribution in [0.2, 0.25) is 0 Å². The minimum atomic E-state index is -4.63. The first-order valence-corrected chi connectivity index (χ1v) is 13.4. The van der Waals surface area contributed by atoms with Crippen LogP contribution in [0.15, 0.2) is 54.7 Å². The molecule has 0 unspecified atom stereocenters. The average Bonchev–Trinajstić information content (AvgIpc) is 2.91. The summed E-state index contributed by atoms with van der Waals surface area (Å²) in [4.78, 5) is 8.08. The SMILES string of the molecule is CCCCCCOc1ccccc1Nc1nc(Nc2ccc(OC3CCCCC3)cc2)ncc1C(F)(F)F. The van der Waals surface area contributed by atoms with Gasteiger partial charge in [-0.3, -0.25) is 0 Å². The lowest BCUT2D eigenvalue weighted by molar-refractivity contribution is -0.137. The maximum atomic E-state index is 13.8. The second-order valence-corrected chi connectivity index (χ2v) is 9.51. The van der Waals surface area contributed by atoms with Crippen molar-refractivity contribution in [3.63, 3.8) is 0 Å². The van der Waals surface area contributed by atoms with E-state index in [2.05, 4.69) is 27.5 Å². The fourth-order valence-corrected chi connectivity index (χ4v) is 4.40. The number of alkyl halides is 3. The Morgan fingerprint density at radius 2 is 1.68 bits per heavy atom. The van der Waals surface area contributed by atoms with E-state index in [1.165, 1.54) is 19.3 Å². The third-order valence-electron chi connectivity index (χ3n) is 6.46. The molecule has 1 aliphatic rings. The summed E-state index contributed by atoms with van der Waals surface area (Å²) >= 11 is 0. The van der Waals surface area contributed by atoms with Crippen LogP contribution in [0.5, 0.6) is 11.5 Å². The molecule has 0 saturated heterocycles. The molecule has 0 bridgehead atoms. The number of aromatic nitrogens is 2. The first-order chi connectivity index (χ1) is 18.4. The highest BCUT2D eigenvalue weighted by Crippen LogP contribution is 2.37. The Morgan fingerprint density at radius 3 is 2.42 bits per heavy atom. The number of unbranched alkanes of at least 4 members (excludes halogenated alkanes) is 3. The first kappa shape index (κ1) is 27.5. The van der Waals surface area contributed by atoms with Crippen molar-refractivity contribution in [1.82, 2.24) is 9.97 Å². The van der Waals surface area contributed by atoms with Crippen molar-refractivity contribution in [2.45, 2.75) is 77.0 Å². The topological polar surface area (TPSA) is 68.3 Å². The molecule has 6 nitrogen and oxygen atoms in total. The number of nitrogens with zero attached hydrogens (tertiary/aromatic N) is 2. The molecule has 4 rings (SSSR count). The normalized spacial score (nSPS) is 14.2. The van der Waals surface area contributed by atoms with Gasteiger partial charge in [-0.1, -0.05) is 44.7 Å². The Balaban J connectivity index is 1.47. The van der Waals surface area contributed by atoms with E-state index in [1.807, 2.05) is 12.1 Å². The van der Waals surface area contributed by atoms with Gasteiger partial charge in [0, 0.05) is 11.9 Å². The predicted octanol–water partition coefficient (Wildman–Crippen LogP) is 8.65. The summed E-state index contributed by atoms with van der Waals surface area (Å²) in [5.41, 5.74) is 0.0851. The van der Waals surface area contributed by atoms with Gasteiger partial charge in [-0.05, 0) is 68.5 Å². The van der Waals surface area contributed by atoms with Crippen molar-refractivity contribution in [1.29, 1.82) is 0 Å². The fraction of sp³-hybridized carbons (Fsp3) is 0.448. The Labute approximate surface area is 222 Å². The Kier molecular flexibility index (Phi) is 9.67. The zero-order valence-corrected chi connectivity index (χ0v) is 21.7. The molecule has 38 heavy (non-hydrogen) atoms. The molecule has 1 fully saturated rings. The third kappa shape index (κ3) is 8.00. The van der Waals surface area contributed by atoms with Crippen LogP contribution >= 0.6 is 0 Å². The number of hydrogen-bond acceptors (Lipinski definition) is 6. The number of nitrogens with one attached hydrogen (secondary N) is 2. The molecule has 3 aromatic rings. The number of anilines is 4. The van der Waals surface area contributed by atoms with Gasteiger partial charge in [0.25, 0.3) is 0 Å². The van der Waals surface area contributed by atoms with E-state index in [9.17, 15) is 13.2 Å². The molecule has 0 radical (unpaired) electrons. The van der Waals surface area contributed by atoms with E-state index >= 15 is 0 Å². The molecule has 1 aliphatic carbocycles. The summed E-state index contributed by atoms with van der Waals surface area (Å²) in [6, 6.07) is 14.2. The van der Waals surface area contributed by atoms with Crippen molar-refractivity contribution in [2.75, 3.05) is 17.2 Å². The second-order valence-electron chi connectivity index (χ2n) is 9.51. The van der Waals surface area contributed by atoms with Gasteiger partial charge >= 0.3 is 6.18 Å². The van der Waals surface area contributed by atoms with Gasteiger partial charge in [-0.25, -0.2) is 4.98 Å². The number of ether oxygens (including phenoxy) is 2. The fourth-order valence-electron chi connectivity index (χ4n) is 4.40. The highest BCUT2D eigenvalue weighted by Gasteiger charge is 2.35. The van der Waals surface area contributed by atoms with E-state index in [1.54, 1.807) is 36.4 Å². The molecule has 0 spiro atoms. The molecule has 1 saturated carbocycles. The van der Waals surface area contributed by atoms with E-state index in [0.717, 1.165) is 50.5 Å². The summed E-state index contributed by atoms with van der Waals surface area (Å²) < 4.78 is 53.3. The largest absolute Gasteiger partial charge is 0.491 e. The molecule has 0 atom stereocenters. The summed E-state index contributed by atoms with van der Waals surface area (Å²) in [6.07, 6.45) is 6.27. The van der Waals surface area contributed by atoms with Gasteiger partial charge in [0.05, 0.1) is 18.4 Å². The highest BCUT2D eigenvalue weighted by atomic mass is 19.4. The van der Waals surface area contributed by atoms with Crippen molar-refractivity contribution in [2.24, 2.45) is 0 Å². The molecular formula is C29H35F3N4O2. The van der Waals surface area contributed by atoms with Gasteiger partial charge in [0.2, 0.25) is 5.95 Å². The zero-order valence-electron chi connectivity index (χ0n) is 21.7. The summed E-state index contributed by atoms with van der Waals surface area (Å²) in [5.74, 6) is 0.928. The van der Waals surface area contributed by atoms with Gasteiger partial charge < -0.3 is 20.1 Å². The smallest absolute Gasteiger partial charge is 0.421 e. The number of benzene rings is 2. The lowest BCUT2D eigenvalue weighted by Gasteiger charge is -2.23. The monoisotopic (exact) mass is 528 g/mol. The second kappa shape index (κ2) is 13.3. The van der Waals surface area contributed by atoms with Crippen molar-refractivity contribution < 1.29 is 22.6 Å². The number of rotatable bonds is 12. The van der Waals surface area contributed by atoms with Gasteiger partial charge in [-0.15, -0.1) is 0 Å². The number of para-hydroxylation sites is 2. The summed E-state index contributed by atoms with van der Waals surface area (Å²) in [5, 5.41) is 5.82. The quantitative estimate of drug-likeness (QED) is 0.229. The highest BCUT2D eigenvalue weighted by molar-refractivity contribution is 5.67. The van der Waals surface area contributed by atoms with Crippen LogP contribution in [0, 0.1) is 0 Å². The molecule has 0 amide bonds. The molecule has 1 aromatic heterocycles. The summed E-state index contributed by atoms with van der Waals surface area (Å²) in [6.45, 7) is 2.62. The van der Waals surface area contributed by atoms with Crippen LogP contribution in [0.4, 0.5) is 36.3 Å². The Hall–Kier alpha value is -3.49. The Morgan fingerprint density at radius 1 is 0.921 bits per heavy atom.